The molecule has 2 fully saturated rings. The molecule has 41 heavy (non-hydrogen) atoms. The third-order valence-electron chi connectivity index (χ3n) is 8.26. The molecule has 1 N–H and O–H groups in total. The Labute approximate surface area is 240 Å². The minimum absolute atomic E-state index is 0.245. The Kier molecular flexibility index (Phi) is 8.58. The predicted octanol–water partition coefficient (Wildman–Crippen LogP) is 5.92. The zero-order valence-corrected chi connectivity index (χ0v) is 23.8. The second kappa shape index (κ2) is 12.1. The molecule has 2 aromatic heterocycles. The third-order valence-corrected chi connectivity index (χ3v) is 8.26. The summed E-state index contributed by atoms with van der Waals surface area (Å²) in [5.74, 6) is 5.96. The van der Waals surface area contributed by atoms with Crippen molar-refractivity contribution in [3.8, 4) is 17.9 Å². The minimum atomic E-state index is -4.36. The highest BCUT2D eigenvalue weighted by atomic mass is 19.4. The molecule has 216 valence electrons. The lowest BCUT2D eigenvalue weighted by Gasteiger charge is -2.36. The number of hydrogen-bond donors (Lipinski definition) is 1. The van der Waals surface area contributed by atoms with Gasteiger partial charge in [0.15, 0.2) is 0 Å². The monoisotopic (exact) mass is 562 g/mol. The van der Waals surface area contributed by atoms with Crippen LogP contribution in [0.15, 0.2) is 42.6 Å². The molecule has 2 aliphatic heterocycles. The Bertz CT molecular complexity index is 1440. The van der Waals surface area contributed by atoms with Crippen molar-refractivity contribution in [1.82, 2.24) is 19.4 Å². The van der Waals surface area contributed by atoms with Gasteiger partial charge in [-0.05, 0) is 101 Å². The van der Waals surface area contributed by atoms with Gasteiger partial charge in [0.05, 0.1) is 41.3 Å². The van der Waals surface area contributed by atoms with E-state index < -0.39 is 18.1 Å². The Balaban J connectivity index is 1.30. The largest absolute Gasteiger partial charge is 0.406 e. The first kappa shape index (κ1) is 29.0. The predicted molar refractivity (Wildman–Crippen MR) is 155 cm³/mol. The number of hydrogen-bond acceptors (Lipinski definition) is 5. The van der Waals surface area contributed by atoms with E-state index in [9.17, 15) is 18.4 Å². The number of nitrogens with zero attached hydrogens (tertiary/aromatic N) is 5. The number of rotatable bonds is 7. The maximum absolute atomic E-state index is 13.6. The summed E-state index contributed by atoms with van der Waals surface area (Å²) in [5.41, 5.74) is 2.65. The van der Waals surface area contributed by atoms with Gasteiger partial charge in [-0.1, -0.05) is 18.1 Å². The first-order valence-electron chi connectivity index (χ1n) is 14.4. The van der Waals surface area contributed by atoms with E-state index in [2.05, 4.69) is 38.0 Å². The Hall–Kier alpha value is -3.53. The van der Waals surface area contributed by atoms with Crippen LogP contribution in [0.3, 0.4) is 0 Å². The van der Waals surface area contributed by atoms with Crippen molar-refractivity contribution in [2.75, 3.05) is 38.0 Å². The molecule has 5 rings (SSSR count). The fourth-order valence-electron chi connectivity index (χ4n) is 5.93. The second-order valence-electron chi connectivity index (χ2n) is 11.7. The molecule has 9 heteroatoms. The SMILES string of the molecule is CC(C)(C#N)c1ccc(NCC#Cc2cc3c(CN4CCC(N5CCCC5)CC4)cccc3n2CC(F)(F)F)cn1. The van der Waals surface area contributed by atoms with Crippen molar-refractivity contribution in [2.24, 2.45) is 0 Å². The number of nitrogens with one attached hydrogen (secondary N) is 1. The molecule has 4 heterocycles. The van der Waals surface area contributed by atoms with Crippen LogP contribution in [-0.2, 0) is 18.5 Å². The molecule has 0 saturated carbocycles. The van der Waals surface area contributed by atoms with Crippen LogP contribution in [0, 0.1) is 23.2 Å². The van der Waals surface area contributed by atoms with Crippen molar-refractivity contribution in [3.63, 3.8) is 0 Å². The molecule has 0 atom stereocenters. The summed E-state index contributed by atoms with van der Waals surface area (Å²) in [6.07, 6.45) is 2.15. The van der Waals surface area contributed by atoms with E-state index in [0.717, 1.165) is 49.1 Å². The lowest BCUT2D eigenvalue weighted by Crippen LogP contribution is -2.43. The molecule has 2 aliphatic rings. The lowest BCUT2D eigenvalue weighted by molar-refractivity contribution is -0.140. The van der Waals surface area contributed by atoms with E-state index in [1.807, 2.05) is 18.2 Å². The van der Waals surface area contributed by atoms with Crippen LogP contribution in [0.2, 0.25) is 0 Å². The van der Waals surface area contributed by atoms with Crippen LogP contribution in [0.4, 0.5) is 18.9 Å². The van der Waals surface area contributed by atoms with E-state index in [0.29, 0.717) is 22.9 Å². The molecular formula is C32H37F3N6. The van der Waals surface area contributed by atoms with E-state index in [1.165, 1.54) is 30.5 Å². The maximum Gasteiger partial charge on any atom is 0.406 e. The van der Waals surface area contributed by atoms with Crippen molar-refractivity contribution < 1.29 is 13.2 Å². The fourth-order valence-corrected chi connectivity index (χ4v) is 5.93. The number of piperidine rings is 1. The van der Waals surface area contributed by atoms with Crippen LogP contribution < -0.4 is 5.32 Å². The van der Waals surface area contributed by atoms with E-state index >= 15 is 0 Å². The normalized spacial score (nSPS) is 17.4. The first-order chi connectivity index (χ1) is 19.6. The van der Waals surface area contributed by atoms with Crippen molar-refractivity contribution in [3.05, 3.63) is 59.5 Å². The molecule has 0 unspecified atom stereocenters. The smallest absolute Gasteiger partial charge is 0.373 e. The number of aromatic nitrogens is 2. The van der Waals surface area contributed by atoms with Gasteiger partial charge in [0.25, 0.3) is 0 Å². The molecular weight excluding hydrogens is 525 g/mol. The van der Waals surface area contributed by atoms with Crippen LogP contribution in [-0.4, -0.2) is 64.3 Å². The molecule has 2 saturated heterocycles. The van der Waals surface area contributed by atoms with Gasteiger partial charge in [-0.15, -0.1) is 0 Å². The molecule has 0 spiro atoms. The number of anilines is 1. The van der Waals surface area contributed by atoms with Crippen LogP contribution >= 0.6 is 0 Å². The average Bonchev–Trinajstić information content (AvgIpc) is 3.61. The average molecular weight is 563 g/mol. The van der Waals surface area contributed by atoms with Crippen molar-refractivity contribution in [1.29, 1.82) is 5.26 Å². The van der Waals surface area contributed by atoms with Crippen LogP contribution in [0.5, 0.6) is 0 Å². The molecule has 0 bridgehead atoms. The van der Waals surface area contributed by atoms with Gasteiger partial charge in [-0.3, -0.25) is 9.88 Å². The highest BCUT2D eigenvalue weighted by molar-refractivity contribution is 5.86. The van der Waals surface area contributed by atoms with Crippen LogP contribution in [0.25, 0.3) is 10.9 Å². The van der Waals surface area contributed by atoms with Gasteiger partial charge in [0, 0.05) is 23.5 Å². The van der Waals surface area contributed by atoms with Crippen molar-refractivity contribution in [2.45, 2.75) is 70.3 Å². The van der Waals surface area contributed by atoms with E-state index in [1.54, 1.807) is 38.2 Å². The lowest BCUT2D eigenvalue weighted by atomic mass is 9.91. The van der Waals surface area contributed by atoms with Gasteiger partial charge < -0.3 is 14.8 Å². The first-order valence-corrected chi connectivity index (χ1v) is 14.4. The topological polar surface area (TPSA) is 60.1 Å². The number of fused-ring (bicyclic) bond motifs is 1. The number of likely N-dealkylation sites (tertiary alicyclic amines) is 2. The zero-order chi connectivity index (χ0) is 29.0. The van der Waals surface area contributed by atoms with Gasteiger partial charge >= 0.3 is 6.18 Å². The van der Waals surface area contributed by atoms with Gasteiger partial charge in [-0.25, -0.2) is 0 Å². The number of halogens is 3. The number of benzene rings is 1. The molecule has 6 nitrogen and oxygen atoms in total. The quantitative estimate of drug-likeness (QED) is 0.362. The zero-order valence-electron chi connectivity index (χ0n) is 23.8. The summed E-state index contributed by atoms with van der Waals surface area (Å²) in [6.45, 7) is 7.91. The summed E-state index contributed by atoms with van der Waals surface area (Å²) in [6, 6.07) is 13.9. The summed E-state index contributed by atoms with van der Waals surface area (Å²) in [7, 11) is 0. The Morgan fingerprint density at radius 2 is 1.80 bits per heavy atom. The highest BCUT2D eigenvalue weighted by Crippen LogP contribution is 2.29. The molecule has 0 amide bonds. The summed E-state index contributed by atoms with van der Waals surface area (Å²) in [4.78, 5) is 9.40. The Morgan fingerprint density at radius 1 is 1.05 bits per heavy atom. The fraction of sp³-hybridized carbons (Fsp3) is 0.500. The van der Waals surface area contributed by atoms with Crippen LogP contribution in [0.1, 0.15) is 56.5 Å². The summed E-state index contributed by atoms with van der Waals surface area (Å²) < 4.78 is 42.1. The van der Waals surface area contributed by atoms with Gasteiger partial charge in [0.1, 0.15) is 6.54 Å². The standard InChI is InChI=1S/C32H37F3N6/c1-31(2,22-36)30-11-10-25(20-38-30)37-14-6-8-27-19-28-24(7-5-9-29(28)41(27)23-32(33,34)35)21-39-17-12-26(13-18-39)40-15-3-4-16-40/h5,7,9-11,19-20,26,37H,3-4,12-18,21,23H2,1-2H3. The molecule has 0 aliphatic carbocycles. The number of nitriles is 1. The maximum atomic E-state index is 13.6. The van der Waals surface area contributed by atoms with Gasteiger partial charge in [0.2, 0.25) is 0 Å². The molecule has 3 aromatic rings. The highest BCUT2D eigenvalue weighted by Gasteiger charge is 2.30. The van der Waals surface area contributed by atoms with Crippen molar-refractivity contribution >= 4 is 16.6 Å². The second-order valence-corrected chi connectivity index (χ2v) is 11.7. The van der Waals surface area contributed by atoms with E-state index in [-0.39, 0.29) is 6.54 Å². The van der Waals surface area contributed by atoms with E-state index in [4.69, 9.17) is 0 Å². The molecule has 1 aromatic carbocycles. The number of alkyl halides is 3. The minimum Gasteiger partial charge on any atom is -0.373 e. The van der Waals surface area contributed by atoms with Gasteiger partial charge in [-0.2, -0.15) is 18.4 Å². The summed E-state index contributed by atoms with van der Waals surface area (Å²) in [5, 5.41) is 13.3. The Morgan fingerprint density at radius 3 is 2.46 bits per heavy atom. The third kappa shape index (κ3) is 7.04. The molecule has 0 radical (unpaired) electrons. The summed E-state index contributed by atoms with van der Waals surface area (Å²) >= 11 is 0. The number of pyridine rings is 1.